The molecule has 2 rings (SSSR count). The Balaban J connectivity index is 1.92. The van der Waals surface area contributed by atoms with Crippen LogP contribution in [0.2, 0.25) is 0 Å². The number of benzene rings is 1. The van der Waals surface area contributed by atoms with Crippen molar-refractivity contribution >= 4 is 5.97 Å². The van der Waals surface area contributed by atoms with Crippen LogP contribution in [0.25, 0.3) is 0 Å². The Morgan fingerprint density at radius 1 is 1.39 bits per heavy atom. The highest BCUT2D eigenvalue weighted by Gasteiger charge is 2.20. The highest BCUT2D eigenvalue weighted by Crippen LogP contribution is 2.27. The van der Waals surface area contributed by atoms with E-state index in [9.17, 15) is 4.79 Å². The maximum atomic E-state index is 10.9. The molecule has 23 heavy (non-hydrogen) atoms. The third-order valence-corrected chi connectivity index (χ3v) is 3.85. The van der Waals surface area contributed by atoms with Gasteiger partial charge in [0, 0.05) is 17.8 Å². The first-order chi connectivity index (χ1) is 11.1. The van der Waals surface area contributed by atoms with Gasteiger partial charge in [-0.25, -0.2) is 0 Å². The molecule has 1 aliphatic rings. The summed E-state index contributed by atoms with van der Waals surface area (Å²) in [5, 5.41) is 12.4. The number of hydrogen-bond acceptors (Lipinski definition) is 3. The summed E-state index contributed by atoms with van der Waals surface area (Å²) in [5.74, 6) is 0.616. The number of ether oxygens (including phenoxy) is 1. The number of aliphatic carboxylic acids is 1. The number of carbonyl (C=O) groups is 1. The number of carboxylic acids is 1. The number of nitrogens with one attached hydrogen (secondary N) is 1. The van der Waals surface area contributed by atoms with Gasteiger partial charge in [-0.3, -0.25) is 4.79 Å². The van der Waals surface area contributed by atoms with Crippen molar-refractivity contribution in [3.8, 4) is 5.75 Å². The van der Waals surface area contributed by atoms with E-state index in [0.29, 0.717) is 17.9 Å². The van der Waals surface area contributed by atoms with E-state index in [0.717, 1.165) is 23.7 Å². The van der Waals surface area contributed by atoms with Crippen molar-refractivity contribution in [1.29, 1.82) is 0 Å². The molecule has 0 aliphatic heterocycles. The fraction of sp³-hybridized carbons (Fsp3) is 0.421. The van der Waals surface area contributed by atoms with Crippen molar-refractivity contribution < 1.29 is 14.6 Å². The minimum absolute atomic E-state index is 0.0286. The molecule has 4 heteroatoms. The molecule has 0 heterocycles. The Labute approximate surface area is 137 Å². The van der Waals surface area contributed by atoms with Crippen LogP contribution in [0.3, 0.4) is 0 Å². The van der Waals surface area contributed by atoms with Crippen LogP contribution < -0.4 is 10.1 Å². The summed E-state index contributed by atoms with van der Waals surface area (Å²) in [5.41, 5.74) is 2.89. The Morgan fingerprint density at radius 2 is 2.13 bits per heavy atom. The molecular weight excluding hydrogens is 290 g/mol. The minimum Gasteiger partial charge on any atom is -0.489 e. The van der Waals surface area contributed by atoms with Crippen molar-refractivity contribution in [1.82, 2.24) is 5.32 Å². The van der Waals surface area contributed by atoms with Crippen molar-refractivity contribution in [3.05, 3.63) is 53.3 Å². The van der Waals surface area contributed by atoms with Gasteiger partial charge >= 0.3 is 5.97 Å². The van der Waals surface area contributed by atoms with Crippen LogP contribution in [0, 0.1) is 5.92 Å². The predicted molar refractivity (Wildman–Crippen MR) is 91.5 cm³/mol. The van der Waals surface area contributed by atoms with Crippen LogP contribution in [0.5, 0.6) is 5.75 Å². The summed E-state index contributed by atoms with van der Waals surface area (Å²) in [6, 6.07) is 7.28. The van der Waals surface area contributed by atoms with Crippen LogP contribution in [0.15, 0.2) is 47.7 Å². The van der Waals surface area contributed by atoms with Crippen LogP contribution in [-0.4, -0.2) is 24.2 Å². The Kier molecular flexibility index (Phi) is 6.27. The lowest BCUT2D eigenvalue weighted by Gasteiger charge is -2.12. The van der Waals surface area contributed by atoms with Crippen LogP contribution in [-0.2, 0) is 11.2 Å². The number of rotatable bonds is 9. The molecule has 124 valence electrons. The molecule has 4 nitrogen and oxygen atoms in total. The summed E-state index contributed by atoms with van der Waals surface area (Å²) in [7, 11) is 0. The second kappa shape index (κ2) is 8.42. The summed E-state index contributed by atoms with van der Waals surface area (Å²) >= 11 is 0. The van der Waals surface area contributed by atoms with Gasteiger partial charge in [0.25, 0.3) is 0 Å². The fourth-order valence-corrected chi connectivity index (χ4v) is 2.28. The van der Waals surface area contributed by atoms with Gasteiger partial charge in [-0.2, -0.15) is 0 Å². The zero-order valence-corrected chi connectivity index (χ0v) is 13.8. The Hall–Kier alpha value is -2.23. The lowest BCUT2D eigenvalue weighted by Crippen LogP contribution is -2.15. The molecule has 2 N–H and O–H groups in total. The average Bonchev–Trinajstić information content (AvgIpc) is 3.34. The van der Waals surface area contributed by atoms with Gasteiger partial charge in [-0.1, -0.05) is 24.3 Å². The van der Waals surface area contributed by atoms with Crippen molar-refractivity contribution in [2.75, 3.05) is 13.2 Å². The molecule has 0 aromatic heterocycles. The minimum atomic E-state index is -0.854. The van der Waals surface area contributed by atoms with Gasteiger partial charge in [0.1, 0.15) is 12.4 Å². The highest BCUT2D eigenvalue weighted by molar-refractivity contribution is 5.71. The first kappa shape index (κ1) is 17.1. The lowest BCUT2D eigenvalue weighted by atomic mass is 10.1. The molecule has 0 unspecified atom stereocenters. The first-order valence-corrected chi connectivity index (χ1v) is 8.08. The first-order valence-electron chi connectivity index (χ1n) is 8.08. The van der Waals surface area contributed by atoms with Gasteiger partial charge in [-0.15, -0.1) is 0 Å². The lowest BCUT2D eigenvalue weighted by molar-refractivity contribution is -0.136. The van der Waals surface area contributed by atoms with E-state index in [1.807, 2.05) is 31.2 Å². The smallest absolute Gasteiger partial charge is 0.307 e. The maximum absolute atomic E-state index is 10.9. The van der Waals surface area contributed by atoms with Gasteiger partial charge in [0.2, 0.25) is 0 Å². The number of hydrogen-bond donors (Lipinski definition) is 2. The van der Waals surface area contributed by atoms with E-state index in [1.54, 1.807) is 6.07 Å². The Bertz CT molecular complexity index is 600. The maximum Gasteiger partial charge on any atom is 0.307 e. The molecule has 0 radical (unpaired) electrons. The van der Waals surface area contributed by atoms with E-state index >= 15 is 0 Å². The van der Waals surface area contributed by atoms with Gasteiger partial charge in [0.05, 0.1) is 6.42 Å². The molecule has 0 atom stereocenters. The zero-order chi connectivity index (χ0) is 16.7. The van der Waals surface area contributed by atoms with Crippen LogP contribution >= 0.6 is 0 Å². The molecule has 1 aromatic rings. The summed E-state index contributed by atoms with van der Waals surface area (Å²) in [6.07, 6.45) is 6.74. The largest absolute Gasteiger partial charge is 0.489 e. The highest BCUT2D eigenvalue weighted by atomic mass is 16.5. The quantitative estimate of drug-likeness (QED) is 0.684. The normalized spacial score (nSPS) is 15.4. The standard InChI is InChI=1S/C19H25NO3/c1-3-15(10-14(2)20-12-16-8-9-16)13-23-18-7-5-4-6-17(18)11-19(21)22/h3-7,10,16,20H,8-9,11-13H2,1-2H3,(H,21,22)/b14-10+,15-3+. The Morgan fingerprint density at radius 3 is 2.78 bits per heavy atom. The van der Waals surface area contributed by atoms with Crippen molar-refractivity contribution in [2.24, 2.45) is 5.92 Å². The third-order valence-electron chi connectivity index (χ3n) is 3.85. The number of carboxylic acid groups (broad SMARTS) is 1. The summed E-state index contributed by atoms with van der Waals surface area (Å²) in [4.78, 5) is 10.9. The van der Waals surface area contributed by atoms with Crippen molar-refractivity contribution in [3.63, 3.8) is 0 Å². The fourth-order valence-electron chi connectivity index (χ4n) is 2.28. The number of para-hydroxylation sites is 1. The van der Waals surface area contributed by atoms with Crippen LogP contribution in [0.4, 0.5) is 0 Å². The third kappa shape index (κ3) is 6.19. The summed E-state index contributed by atoms with van der Waals surface area (Å²) in [6.45, 7) is 5.51. The van der Waals surface area contributed by atoms with E-state index in [-0.39, 0.29) is 6.42 Å². The molecule has 1 saturated carbocycles. The SMILES string of the molecule is C/C=C(\C=C(/C)NCC1CC1)COc1ccccc1CC(=O)O. The molecule has 0 amide bonds. The molecule has 1 aromatic carbocycles. The van der Waals surface area contributed by atoms with Crippen molar-refractivity contribution in [2.45, 2.75) is 33.1 Å². The second-order valence-corrected chi connectivity index (χ2v) is 5.98. The molecule has 0 saturated heterocycles. The van der Waals surface area contributed by atoms with E-state index < -0.39 is 5.97 Å². The van der Waals surface area contributed by atoms with Gasteiger partial charge in [-0.05, 0) is 50.3 Å². The second-order valence-electron chi connectivity index (χ2n) is 5.98. The monoisotopic (exact) mass is 315 g/mol. The topological polar surface area (TPSA) is 58.6 Å². The van der Waals surface area contributed by atoms with Gasteiger partial charge in [0.15, 0.2) is 0 Å². The average molecular weight is 315 g/mol. The van der Waals surface area contributed by atoms with E-state index in [2.05, 4.69) is 18.3 Å². The van der Waals surface area contributed by atoms with E-state index in [4.69, 9.17) is 9.84 Å². The zero-order valence-electron chi connectivity index (χ0n) is 13.8. The van der Waals surface area contributed by atoms with Gasteiger partial charge < -0.3 is 15.2 Å². The molecular formula is C19H25NO3. The molecule has 0 bridgehead atoms. The van der Waals surface area contributed by atoms with Crippen LogP contribution in [0.1, 0.15) is 32.3 Å². The molecule has 1 fully saturated rings. The van der Waals surface area contributed by atoms with E-state index in [1.165, 1.54) is 12.8 Å². The molecule has 0 spiro atoms. The number of allylic oxidation sites excluding steroid dienone is 2. The summed E-state index contributed by atoms with van der Waals surface area (Å²) < 4.78 is 5.83. The molecule has 1 aliphatic carbocycles. The predicted octanol–water partition coefficient (Wildman–Crippen LogP) is 3.54.